The molecule has 0 aliphatic carbocycles. The van der Waals surface area contributed by atoms with Gasteiger partial charge in [-0.25, -0.2) is 0 Å². The van der Waals surface area contributed by atoms with Crippen molar-refractivity contribution >= 4 is 23.6 Å². The van der Waals surface area contributed by atoms with Crippen molar-refractivity contribution in [3.05, 3.63) is 53.1 Å². The largest absolute Gasteiger partial charge is 0.469 e. The van der Waals surface area contributed by atoms with Crippen LogP contribution in [-0.2, 0) is 9.53 Å². The number of allylic oxidation sites excluding steroid dienone is 3. The SMILES string of the molecule is COC(=O)CCC/C=C/C(C)(C)/C=C/c1ccc(Cl)cc1. The molecular formula is C18H23ClO2. The number of halogens is 1. The van der Waals surface area contributed by atoms with Gasteiger partial charge in [-0.15, -0.1) is 0 Å². The van der Waals surface area contributed by atoms with Crippen LogP contribution in [0.25, 0.3) is 6.08 Å². The molecule has 0 aliphatic rings. The van der Waals surface area contributed by atoms with Crippen LogP contribution in [0.2, 0.25) is 5.02 Å². The van der Waals surface area contributed by atoms with Gasteiger partial charge in [0.25, 0.3) is 0 Å². The number of esters is 1. The predicted octanol–water partition coefficient (Wildman–Crippen LogP) is 5.28. The second-order valence-electron chi connectivity index (χ2n) is 5.58. The first kappa shape index (κ1) is 17.5. The number of rotatable bonds is 7. The first-order valence-electron chi connectivity index (χ1n) is 7.12. The normalized spacial score (nSPS) is 12.2. The first-order chi connectivity index (χ1) is 9.93. The minimum Gasteiger partial charge on any atom is -0.469 e. The van der Waals surface area contributed by atoms with Gasteiger partial charge < -0.3 is 4.74 Å². The Morgan fingerprint density at radius 2 is 1.90 bits per heavy atom. The second kappa shape index (κ2) is 8.68. The van der Waals surface area contributed by atoms with E-state index in [1.165, 1.54) is 7.11 Å². The molecule has 1 aromatic rings. The molecule has 2 nitrogen and oxygen atoms in total. The van der Waals surface area contributed by atoms with E-state index in [-0.39, 0.29) is 11.4 Å². The van der Waals surface area contributed by atoms with E-state index in [4.69, 9.17) is 11.6 Å². The molecule has 0 N–H and O–H groups in total. The highest BCUT2D eigenvalue weighted by Crippen LogP contribution is 2.22. The van der Waals surface area contributed by atoms with Gasteiger partial charge in [0, 0.05) is 16.9 Å². The van der Waals surface area contributed by atoms with Crippen molar-refractivity contribution in [2.75, 3.05) is 7.11 Å². The van der Waals surface area contributed by atoms with E-state index < -0.39 is 0 Å². The molecule has 0 aromatic heterocycles. The van der Waals surface area contributed by atoms with Crippen LogP contribution in [0.15, 0.2) is 42.5 Å². The maximum Gasteiger partial charge on any atom is 0.305 e. The van der Waals surface area contributed by atoms with Gasteiger partial charge in [0.1, 0.15) is 0 Å². The van der Waals surface area contributed by atoms with E-state index in [0.717, 1.165) is 23.4 Å². The monoisotopic (exact) mass is 306 g/mol. The minimum absolute atomic E-state index is 0.0229. The van der Waals surface area contributed by atoms with Gasteiger partial charge in [0.05, 0.1) is 7.11 Å². The van der Waals surface area contributed by atoms with E-state index >= 15 is 0 Å². The Kier molecular flexibility index (Phi) is 7.24. The van der Waals surface area contributed by atoms with Crippen LogP contribution in [0.5, 0.6) is 0 Å². The zero-order chi connectivity index (χ0) is 15.7. The number of carbonyl (C=O) groups excluding carboxylic acids is 1. The summed E-state index contributed by atoms with van der Waals surface area (Å²) in [6.07, 6.45) is 10.7. The van der Waals surface area contributed by atoms with Crippen LogP contribution in [0.1, 0.15) is 38.7 Å². The van der Waals surface area contributed by atoms with Crippen molar-refractivity contribution in [1.29, 1.82) is 0 Å². The van der Waals surface area contributed by atoms with Crippen LogP contribution >= 0.6 is 11.6 Å². The highest BCUT2D eigenvalue weighted by molar-refractivity contribution is 6.30. The maximum atomic E-state index is 11.0. The molecule has 0 heterocycles. The van der Waals surface area contributed by atoms with Gasteiger partial charge >= 0.3 is 5.97 Å². The van der Waals surface area contributed by atoms with E-state index in [0.29, 0.717) is 6.42 Å². The number of methoxy groups -OCH3 is 1. The smallest absolute Gasteiger partial charge is 0.305 e. The summed E-state index contributed by atoms with van der Waals surface area (Å²) < 4.78 is 4.61. The number of ether oxygens (including phenoxy) is 1. The summed E-state index contributed by atoms with van der Waals surface area (Å²) in [6, 6.07) is 7.76. The summed E-state index contributed by atoms with van der Waals surface area (Å²) in [5.74, 6) is -0.148. The molecule has 0 atom stereocenters. The van der Waals surface area contributed by atoms with Crippen molar-refractivity contribution in [2.45, 2.75) is 33.1 Å². The lowest BCUT2D eigenvalue weighted by atomic mass is 9.91. The molecule has 0 spiro atoms. The predicted molar refractivity (Wildman–Crippen MR) is 89.3 cm³/mol. The molecule has 0 saturated carbocycles. The van der Waals surface area contributed by atoms with Crippen molar-refractivity contribution in [3.63, 3.8) is 0 Å². The molecule has 3 heteroatoms. The van der Waals surface area contributed by atoms with Crippen molar-refractivity contribution in [2.24, 2.45) is 5.41 Å². The Morgan fingerprint density at radius 1 is 1.24 bits per heavy atom. The van der Waals surface area contributed by atoms with E-state index in [1.807, 2.05) is 24.3 Å². The average molecular weight is 307 g/mol. The van der Waals surface area contributed by atoms with E-state index in [1.54, 1.807) is 0 Å². The fourth-order valence-electron chi connectivity index (χ4n) is 1.79. The van der Waals surface area contributed by atoms with Crippen LogP contribution < -0.4 is 0 Å². The number of hydrogen-bond acceptors (Lipinski definition) is 2. The molecule has 114 valence electrons. The van der Waals surface area contributed by atoms with Crippen LogP contribution in [-0.4, -0.2) is 13.1 Å². The molecule has 0 bridgehead atoms. The third kappa shape index (κ3) is 7.72. The number of unbranched alkanes of at least 4 members (excludes halogenated alkanes) is 1. The molecular weight excluding hydrogens is 284 g/mol. The van der Waals surface area contributed by atoms with Gasteiger partial charge in [-0.05, 0) is 30.5 Å². The molecule has 1 rings (SSSR count). The molecule has 0 radical (unpaired) electrons. The van der Waals surface area contributed by atoms with Crippen LogP contribution in [0.4, 0.5) is 0 Å². The van der Waals surface area contributed by atoms with Crippen molar-refractivity contribution in [1.82, 2.24) is 0 Å². The molecule has 0 fully saturated rings. The number of carbonyl (C=O) groups is 1. The second-order valence-corrected chi connectivity index (χ2v) is 6.01. The lowest BCUT2D eigenvalue weighted by Crippen LogP contribution is -2.02. The van der Waals surface area contributed by atoms with Crippen molar-refractivity contribution < 1.29 is 9.53 Å². The number of benzene rings is 1. The average Bonchev–Trinajstić information content (AvgIpc) is 2.46. The quantitative estimate of drug-likeness (QED) is 0.389. The summed E-state index contributed by atoms with van der Waals surface area (Å²) in [6.45, 7) is 4.30. The Balaban J connectivity index is 2.45. The highest BCUT2D eigenvalue weighted by Gasteiger charge is 2.08. The third-order valence-electron chi connectivity index (χ3n) is 3.10. The molecule has 21 heavy (non-hydrogen) atoms. The maximum absolute atomic E-state index is 11.0. The fraction of sp³-hybridized carbons (Fsp3) is 0.389. The van der Waals surface area contributed by atoms with Crippen LogP contribution in [0.3, 0.4) is 0 Å². The molecule has 1 aromatic carbocycles. The van der Waals surface area contributed by atoms with Gasteiger partial charge in [-0.3, -0.25) is 4.79 Å². The lowest BCUT2D eigenvalue weighted by Gasteiger charge is -2.14. The lowest BCUT2D eigenvalue weighted by molar-refractivity contribution is -0.140. The Labute approximate surface area is 132 Å². The van der Waals surface area contributed by atoms with Gasteiger partial charge in [-0.1, -0.05) is 61.9 Å². The van der Waals surface area contributed by atoms with Gasteiger partial charge in [0.15, 0.2) is 0 Å². The standard InChI is InChI=1S/C18H23ClO2/c1-18(2,13-6-4-5-7-17(20)21-3)14-12-15-8-10-16(19)11-9-15/h6,8-14H,4-5,7H2,1-3H3/b13-6+,14-12+. The Morgan fingerprint density at radius 3 is 2.52 bits per heavy atom. The van der Waals surface area contributed by atoms with E-state index in [9.17, 15) is 4.79 Å². The van der Waals surface area contributed by atoms with Crippen LogP contribution in [0, 0.1) is 5.41 Å². The highest BCUT2D eigenvalue weighted by atomic mass is 35.5. The first-order valence-corrected chi connectivity index (χ1v) is 7.50. The summed E-state index contributed by atoms with van der Waals surface area (Å²) in [7, 11) is 1.42. The summed E-state index contributed by atoms with van der Waals surface area (Å²) >= 11 is 5.86. The third-order valence-corrected chi connectivity index (χ3v) is 3.35. The Hall–Kier alpha value is -1.54. The zero-order valence-corrected chi connectivity index (χ0v) is 13.7. The molecule has 0 amide bonds. The van der Waals surface area contributed by atoms with Gasteiger partial charge in [-0.2, -0.15) is 0 Å². The zero-order valence-electron chi connectivity index (χ0n) is 12.9. The minimum atomic E-state index is -0.148. The summed E-state index contributed by atoms with van der Waals surface area (Å²) in [5.41, 5.74) is 1.11. The topological polar surface area (TPSA) is 26.3 Å². The summed E-state index contributed by atoms with van der Waals surface area (Å²) in [4.78, 5) is 11.0. The molecule has 0 saturated heterocycles. The number of hydrogen-bond donors (Lipinski definition) is 0. The fourth-order valence-corrected chi connectivity index (χ4v) is 1.92. The van der Waals surface area contributed by atoms with Gasteiger partial charge in [0.2, 0.25) is 0 Å². The molecule has 0 unspecified atom stereocenters. The summed E-state index contributed by atoms with van der Waals surface area (Å²) in [5, 5.41) is 0.747. The Bertz CT molecular complexity index is 498. The molecule has 0 aliphatic heterocycles. The van der Waals surface area contributed by atoms with E-state index in [2.05, 4.69) is 42.9 Å². The van der Waals surface area contributed by atoms with Crippen molar-refractivity contribution in [3.8, 4) is 0 Å².